The fraction of sp³-hybridized carbons (Fsp3) is 0.0588. The quantitative estimate of drug-likeness (QED) is 0.171. The average Bonchev–Trinajstić information content (AvgIpc) is 4.10. The number of fused-ring (bicyclic) bond motifs is 17. The SMILES string of the molecule is CC1(C)c2ccccc2-c2ccc(N(c3ccc4c(c3)C3(c5ccccc5-c5ccccc53)c3ccccc3-4)c3c(-c4ccc(-c5ccccc5)cc4)ccc4c3oc3cc5ccccc5cc34)cc21. The van der Waals surface area contributed by atoms with Gasteiger partial charge in [0.05, 0.1) is 11.1 Å². The fourth-order valence-electron chi connectivity index (χ4n) is 12.9. The Bertz CT molecular complexity index is 4090. The number of hydrogen-bond donors (Lipinski definition) is 0. The van der Waals surface area contributed by atoms with Crippen molar-refractivity contribution in [2.45, 2.75) is 24.7 Å². The minimum absolute atomic E-state index is 0.212. The van der Waals surface area contributed by atoms with E-state index in [1.165, 1.54) is 83.3 Å². The highest BCUT2D eigenvalue weighted by atomic mass is 16.3. The minimum Gasteiger partial charge on any atom is -0.454 e. The zero-order valence-electron chi connectivity index (χ0n) is 38.9. The number of benzene rings is 11. The van der Waals surface area contributed by atoms with Crippen molar-refractivity contribution in [3.8, 4) is 55.6 Å². The summed E-state index contributed by atoms with van der Waals surface area (Å²) in [5.41, 5.74) is 24.4. The van der Waals surface area contributed by atoms with Gasteiger partial charge in [0.25, 0.3) is 0 Å². The first kappa shape index (κ1) is 39.3. The highest BCUT2D eigenvalue weighted by Crippen LogP contribution is 2.64. The Morgan fingerprint density at radius 3 is 1.41 bits per heavy atom. The molecule has 3 aliphatic rings. The third-order valence-electron chi connectivity index (χ3n) is 16.1. The summed E-state index contributed by atoms with van der Waals surface area (Å²) in [6.45, 7) is 4.75. The maximum Gasteiger partial charge on any atom is 0.160 e. The molecule has 70 heavy (non-hydrogen) atoms. The van der Waals surface area contributed by atoms with Crippen molar-refractivity contribution >= 4 is 49.8 Å². The first-order valence-corrected chi connectivity index (χ1v) is 24.5. The Labute approximate surface area is 407 Å². The highest BCUT2D eigenvalue weighted by molar-refractivity contribution is 6.16. The molecule has 0 fully saturated rings. The van der Waals surface area contributed by atoms with Crippen molar-refractivity contribution in [1.82, 2.24) is 0 Å². The second-order valence-electron chi connectivity index (χ2n) is 19.9. The van der Waals surface area contributed by atoms with E-state index in [-0.39, 0.29) is 5.41 Å². The maximum absolute atomic E-state index is 7.34. The summed E-state index contributed by atoms with van der Waals surface area (Å²) in [6.07, 6.45) is 0. The molecule has 1 aromatic heterocycles. The Kier molecular flexibility index (Phi) is 8.08. The molecule has 0 unspecified atom stereocenters. The molecule has 12 aromatic rings. The molecule has 0 N–H and O–H groups in total. The topological polar surface area (TPSA) is 16.4 Å². The Morgan fingerprint density at radius 2 is 0.786 bits per heavy atom. The second-order valence-corrected chi connectivity index (χ2v) is 19.9. The molecular weight excluding hydrogens is 847 g/mol. The molecule has 0 aliphatic heterocycles. The summed E-state index contributed by atoms with van der Waals surface area (Å²) in [4.78, 5) is 2.52. The summed E-state index contributed by atoms with van der Waals surface area (Å²) in [6, 6.07) is 88.1. The van der Waals surface area contributed by atoms with E-state index in [1.807, 2.05) is 0 Å². The van der Waals surface area contributed by atoms with E-state index in [9.17, 15) is 0 Å². The number of anilines is 3. The normalized spacial score (nSPS) is 14.1. The van der Waals surface area contributed by atoms with Crippen LogP contribution < -0.4 is 4.90 Å². The van der Waals surface area contributed by atoms with Crippen LogP contribution in [0.1, 0.15) is 47.2 Å². The molecule has 0 saturated heterocycles. The summed E-state index contributed by atoms with van der Waals surface area (Å²) >= 11 is 0. The van der Waals surface area contributed by atoms with Gasteiger partial charge < -0.3 is 9.32 Å². The van der Waals surface area contributed by atoms with Crippen LogP contribution >= 0.6 is 0 Å². The van der Waals surface area contributed by atoms with Gasteiger partial charge >= 0.3 is 0 Å². The molecule has 0 amide bonds. The summed E-state index contributed by atoms with van der Waals surface area (Å²) in [7, 11) is 0. The van der Waals surface area contributed by atoms with Crippen molar-refractivity contribution in [1.29, 1.82) is 0 Å². The van der Waals surface area contributed by atoms with Gasteiger partial charge in [0.15, 0.2) is 5.58 Å². The van der Waals surface area contributed by atoms with E-state index in [4.69, 9.17) is 4.42 Å². The summed E-state index contributed by atoms with van der Waals surface area (Å²) in [5.74, 6) is 0. The minimum atomic E-state index is -0.510. The number of hydrogen-bond acceptors (Lipinski definition) is 2. The highest BCUT2D eigenvalue weighted by Gasteiger charge is 2.52. The van der Waals surface area contributed by atoms with Gasteiger partial charge in [-0.05, 0) is 137 Å². The van der Waals surface area contributed by atoms with Crippen LogP contribution in [-0.4, -0.2) is 0 Å². The fourth-order valence-corrected chi connectivity index (χ4v) is 12.9. The van der Waals surface area contributed by atoms with Gasteiger partial charge in [0.1, 0.15) is 5.58 Å². The molecule has 1 spiro atoms. The van der Waals surface area contributed by atoms with Crippen LogP contribution in [0, 0.1) is 0 Å². The molecule has 2 nitrogen and oxygen atoms in total. The van der Waals surface area contributed by atoms with E-state index in [1.54, 1.807) is 0 Å². The second kappa shape index (κ2) is 14.4. The van der Waals surface area contributed by atoms with Gasteiger partial charge in [0, 0.05) is 33.1 Å². The number of nitrogens with zero attached hydrogens (tertiary/aromatic N) is 1. The predicted octanol–water partition coefficient (Wildman–Crippen LogP) is 18.2. The van der Waals surface area contributed by atoms with Gasteiger partial charge in [-0.25, -0.2) is 0 Å². The first-order valence-electron chi connectivity index (χ1n) is 24.5. The Morgan fingerprint density at radius 1 is 0.329 bits per heavy atom. The lowest BCUT2D eigenvalue weighted by atomic mass is 9.70. The molecule has 0 bridgehead atoms. The van der Waals surface area contributed by atoms with Crippen LogP contribution in [0.2, 0.25) is 0 Å². The molecule has 3 aliphatic carbocycles. The number of furan rings is 1. The lowest BCUT2D eigenvalue weighted by Crippen LogP contribution is -2.26. The van der Waals surface area contributed by atoms with Crippen molar-refractivity contribution < 1.29 is 4.42 Å². The molecule has 0 atom stereocenters. The van der Waals surface area contributed by atoms with Gasteiger partial charge in [-0.15, -0.1) is 0 Å². The molecule has 0 radical (unpaired) electrons. The van der Waals surface area contributed by atoms with Crippen LogP contribution in [0.4, 0.5) is 17.1 Å². The monoisotopic (exact) mass is 891 g/mol. The smallest absolute Gasteiger partial charge is 0.160 e. The number of rotatable bonds is 5. The van der Waals surface area contributed by atoms with Crippen LogP contribution in [0.3, 0.4) is 0 Å². The zero-order valence-corrected chi connectivity index (χ0v) is 38.9. The van der Waals surface area contributed by atoms with Crippen molar-refractivity contribution in [2.24, 2.45) is 0 Å². The third kappa shape index (κ3) is 5.28. The Hall–Kier alpha value is -8.72. The maximum atomic E-state index is 7.34. The summed E-state index contributed by atoms with van der Waals surface area (Å²) in [5, 5.41) is 4.54. The van der Waals surface area contributed by atoms with Gasteiger partial charge in [0.2, 0.25) is 0 Å². The summed E-state index contributed by atoms with van der Waals surface area (Å²) < 4.78 is 7.34. The molecule has 11 aromatic carbocycles. The Balaban J connectivity index is 1.05. The molecular formula is C68H45NO. The van der Waals surface area contributed by atoms with Crippen molar-refractivity contribution in [3.05, 3.63) is 270 Å². The average molecular weight is 892 g/mol. The molecule has 2 heteroatoms. The van der Waals surface area contributed by atoms with E-state index >= 15 is 0 Å². The largest absolute Gasteiger partial charge is 0.454 e. The molecule has 0 saturated carbocycles. The van der Waals surface area contributed by atoms with Gasteiger partial charge in [-0.2, -0.15) is 0 Å². The van der Waals surface area contributed by atoms with Crippen LogP contribution in [0.25, 0.3) is 88.3 Å². The van der Waals surface area contributed by atoms with E-state index < -0.39 is 5.41 Å². The lowest BCUT2D eigenvalue weighted by molar-refractivity contribution is 0.660. The lowest BCUT2D eigenvalue weighted by Gasteiger charge is -2.33. The van der Waals surface area contributed by atoms with E-state index in [0.717, 1.165) is 55.5 Å². The first-order chi connectivity index (χ1) is 34.5. The third-order valence-corrected chi connectivity index (χ3v) is 16.1. The van der Waals surface area contributed by atoms with Crippen molar-refractivity contribution in [3.63, 3.8) is 0 Å². The van der Waals surface area contributed by atoms with Crippen LogP contribution in [0.5, 0.6) is 0 Å². The van der Waals surface area contributed by atoms with Crippen LogP contribution in [-0.2, 0) is 10.8 Å². The predicted molar refractivity (Wildman–Crippen MR) is 291 cm³/mol. The van der Waals surface area contributed by atoms with Crippen molar-refractivity contribution in [2.75, 3.05) is 4.90 Å². The molecule has 15 rings (SSSR count). The molecule has 1 heterocycles. The zero-order chi connectivity index (χ0) is 46.3. The molecule has 328 valence electrons. The van der Waals surface area contributed by atoms with Crippen LogP contribution in [0.15, 0.2) is 241 Å². The van der Waals surface area contributed by atoms with E-state index in [0.29, 0.717) is 0 Å². The standard InChI is InChI=1S/C68H45NO/c1-67(2)58-24-12-8-20-50(58)54-34-32-47(40-62(54)67)69(48-33-35-55-53-23-11-15-27-61(53)68(63(55)41-48)59-25-13-9-21-51(59)52-22-10-14-26-60(52)68)65-49(44-30-28-43(29-31-44)42-16-4-3-5-17-42)36-37-56-57-38-45-18-6-7-19-46(45)39-64(57)70-66(56)65/h3-41H,1-2H3. The van der Waals surface area contributed by atoms with E-state index in [2.05, 4.69) is 255 Å². The van der Waals surface area contributed by atoms with Gasteiger partial charge in [-0.1, -0.05) is 208 Å². The van der Waals surface area contributed by atoms with Gasteiger partial charge in [-0.3, -0.25) is 0 Å².